The average Bonchev–Trinajstić information content (AvgIpc) is 2.11. The van der Waals surface area contributed by atoms with E-state index in [2.05, 4.69) is 30.7 Å². The highest BCUT2D eigenvalue weighted by Crippen LogP contribution is 2.20. The molecule has 1 aromatic heterocycles. The third-order valence-electron chi connectivity index (χ3n) is 2.58. The molecule has 0 aliphatic heterocycles. The lowest BCUT2D eigenvalue weighted by Crippen LogP contribution is -2.19. The first-order chi connectivity index (χ1) is 7.76. The molecule has 0 fully saturated rings. The summed E-state index contributed by atoms with van der Waals surface area (Å²) >= 11 is 0. The zero-order valence-electron chi connectivity index (χ0n) is 11.7. The van der Waals surface area contributed by atoms with Gasteiger partial charge in [-0.25, -0.2) is 9.97 Å². The monoisotopic (exact) mass is 235 g/mol. The fourth-order valence-corrected chi connectivity index (χ4v) is 1.73. The number of aromatic nitrogens is 2. The molecule has 0 aliphatic rings. The molecule has 0 radical (unpaired) electrons. The largest absolute Gasteiger partial charge is 0.328 e. The Balaban J connectivity index is 2.75. The topological polar surface area (TPSA) is 51.8 Å². The number of hydrogen-bond donors (Lipinski definition) is 1. The van der Waals surface area contributed by atoms with Crippen LogP contribution in [0.2, 0.25) is 0 Å². The molecule has 3 nitrogen and oxygen atoms in total. The Kier molecular flexibility index (Phi) is 4.63. The molecule has 96 valence electrons. The molecule has 3 heteroatoms. The van der Waals surface area contributed by atoms with Gasteiger partial charge in [-0.05, 0) is 31.7 Å². The van der Waals surface area contributed by atoms with E-state index in [1.807, 2.05) is 19.9 Å². The molecular weight excluding hydrogens is 210 g/mol. The maximum absolute atomic E-state index is 5.81. The van der Waals surface area contributed by atoms with Gasteiger partial charge < -0.3 is 5.73 Å². The Hall–Kier alpha value is -0.960. The van der Waals surface area contributed by atoms with Gasteiger partial charge in [0.25, 0.3) is 0 Å². The van der Waals surface area contributed by atoms with Crippen LogP contribution in [0.5, 0.6) is 0 Å². The highest BCUT2D eigenvalue weighted by Gasteiger charge is 2.12. The molecule has 1 unspecified atom stereocenters. The van der Waals surface area contributed by atoms with E-state index in [0.29, 0.717) is 5.41 Å². The van der Waals surface area contributed by atoms with Gasteiger partial charge in [-0.1, -0.05) is 20.8 Å². The van der Waals surface area contributed by atoms with E-state index in [9.17, 15) is 0 Å². The quantitative estimate of drug-likeness (QED) is 0.873. The van der Waals surface area contributed by atoms with Crippen molar-refractivity contribution >= 4 is 0 Å². The first-order valence-electron chi connectivity index (χ1n) is 6.35. The second-order valence-electron chi connectivity index (χ2n) is 6.16. The minimum atomic E-state index is 0.153. The molecule has 0 amide bonds. The predicted molar refractivity (Wildman–Crippen MR) is 71.9 cm³/mol. The van der Waals surface area contributed by atoms with Crippen LogP contribution in [0.25, 0.3) is 0 Å². The summed E-state index contributed by atoms with van der Waals surface area (Å²) in [4.78, 5) is 9.08. The third kappa shape index (κ3) is 5.78. The standard InChI is InChI=1S/C14H25N3/c1-10(15)8-12-9-11(2)16-13(17-12)6-7-14(3,4)5/h9-10H,6-8,15H2,1-5H3. The van der Waals surface area contributed by atoms with Crippen LogP contribution in [-0.4, -0.2) is 16.0 Å². The van der Waals surface area contributed by atoms with E-state index in [-0.39, 0.29) is 6.04 Å². The fraction of sp³-hybridized carbons (Fsp3) is 0.714. The van der Waals surface area contributed by atoms with Crippen LogP contribution in [0.4, 0.5) is 0 Å². The smallest absolute Gasteiger partial charge is 0.128 e. The zero-order valence-corrected chi connectivity index (χ0v) is 11.7. The van der Waals surface area contributed by atoms with Crippen molar-refractivity contribution in [3.05, 3.63) is 23.3 Å². The molecule has 0 bridgehead atoms. The Labute approximate surface area is 105 Å². The molecule has 1 heterocycles. The van der Waals surface area contributed by atoms with Gasteiger partial charge >= 0.3 is 0 Å². The SMILES string of the molecule is Cc1cc(CC(C)N)nc(CCC(C)(C)C)n1. The summed E-state index contributed by atoms with van der Waals surface area (Å²) in [5.41, 5.74) is 8.24. The van der Waals surface area contributed by atoms with Crippen LogP contribution >= 0.6 is 0 Å². The van der Waals surface area contributed by atoms with Gasteiger partial charge in [-0.2, -0.15) is 0 Å². The van der Waals surface area contributed by atoms with Crippen LogP contribution in [0.15, 0.2) is 6.07 Å². The lowest BCUT2D eigenvalue weighted by molar-refractivity contribution is 0.374. The van der Waals surface area contributed by atoms with Crippen LogP contribution in [0, 0.1) is 12.3 Å². The van der Waals surface area contributed by atoms with Crippen molar-refractivity contribution < 1.29 is 0 Å². The van der Waals surface area contributed by atoms with Crippen LogP contribution in [0.3, 0.4) is 0 Å². The van der Waals surface area contributed by atoms with Crippen molar-refractivity contribution in [3.63, 3.8) is 0 Å². The first-order valence-corrected chi connectivity index (χ1v) is 6.35. The normalized spacial score (nSPS) is 13.8. The maximum Gasteiger partial charge on any atom is 0.128 e. The van der Waals surface area contributed by atoms with Crippen LogP contribution in [-0.2, 0) is 12.8 Å². The summed E-state index contributed by atoms with van der Waals surface area (Å²) in [6.07, 6.45) is 2.87. The number of hydrogen-bond acceptors (Lipinski definition) is 3. The molecule has 1 rings (SSSR count). The number of aryl methyl sites for hydroxylation is 2. The van der Waals surface area contributed by atoms with Crippen molar-refractivity contribution in [2.24, 2.45) is 11.1 Å². The molecule has 0 aromatic carbocycles. The van der Waals surface area contributed by atoms with Crippen molar-refractivity contribution in [2.45, 2.75) is 59.9 Å². The van der Waals surface area contributed by atoms with Crippen molar-refractivity contribution in [2.75, 3.05) is 0 Å². The van der Waals surface area contributed by atoms with Gasteiger partial charge in [0.1, 0.15) is 5.82 Å². The maximum atomic E-state index is 5.81. The second-order valence-corrected chi connectivity index (χ2v) is 6.16. The summed E-state index contributed by atoms with van der Waals surface area (Å²) in [6.45, 7) is 10.8. The summed E-state index contributed by atoms with van der Waals surface area (Å²) in [6, 6.07) is 2.18. The molecule has 2 N–H and O–H groups in total. The van der Waals surface area contributed by atoms with Crippen molar-refractivity contribution in [3.8, 4) is 0 Å². The minimum Gasteiger partial charge on any atom is -0.328 e. The Morgan fingerprint density at radius 2 is 1.94 bits per heavy atom. The number of nitrogens with two attached hydrogens (primary N) is 1. The summed E-state index contributed by atoms with van der Waals surface area (Å²) < 4.78 is 0. The first kappa shape index (κ1) is 14.1. The molecule has 17 heavy (non-hydrogen) atoms. The van der Waals surface area contributed by atoms with E-state index in [1.54, 1.807) is 0 Å². The zero-order chi connectivity index (χ0) is 13.1. The Bertz CT molecular complexity index is 364. The van der Waals surface area contributed by atoms with Gasteiger partial charge in [0, 0.05) is 30.3 Å². The molecule has 0 aliphatic carbocycles. The van der Waals surface area contributed by atoms with Crippen molar-refractivity contribution in [1.29, 1.82) is 0 Å². The van der Waals surface area contributed by atoms with Gasteiger partial charge in [0.05, 0.1) is 0 Å². The van der Waals surface area contributed by atoms with E-state index < -0.39 is 0 Å². The van der Waals surface area contributed by atoms with E-state index in [1.165, 1.54) is 0 Å². The highest BCUT2D eigenvalue weighted by molar-refractivity contribution is 5.11. The van der Waals surface area contributed by atoms with Crippen LogP contribution in [0.1, 0.15) is 51.3 Å². The van der Waals surface area contributed by atoms with E-state index >= 15 is 0 Å². The number of nitrogens with zero attached hydrogens (tertiary/aromatic N) is 2. The van der Waals surface area contributed by atoms with E-state index in [0.717, 1.165) is 36.5 Å². The Morgan fingerprint density at radius 3 is 2.47 bits per heavy atom. The molecular formula is C14H25N3. The average molecular weight is 235 g/mol. The molecule has 0 spiro atoms. The second kappa shape index (κ2) is 5.58. The highest BCUT2D eigenvalue weighted by atomic mass is 14.9. The Morgan fingerprint density at radius 1 is 1.29 bits per heavy atom. The number of rotatable bonds is 4. The van der Waals surface area contributed by atoms with Gasteiger partial charge in [-0.15, -0.1) is 0 Å². The fourth-order valence-electron chi connectivity index (χ4n) is 1.73. The van der Waals surface area contributed by atoms with E-state index in [4.69, 9.17) is 5.73 Å². The lowest BCUT2D eigenvalue weighted by Gasteiger charge is -2.17. The van der Waals surface area contributed by atoms with Crippen molar-refractivity contribution in [1.82, 2.24) is 9.97 Å². The summed E-state index contributed by atoms with van der Waals surface area (Å²) in [5, 5.41) is 0. The van der Waals surface area contributed by atoms with Gasteiger partial charge in [-0.3, -0.25) is 0 Å². The van der Waals surface area contributed by atoms with Gasteiger partial charge in [0.2, 0.25) is 0 Å². The molecule has 0 saturated heterocycles. The molecule has 0 saturated carbocycles. The molecule has 1 aromatic rings. The minimum absolute atomic E-state index is 0.153. The third-order valence-corrected chi connectivity index (χ3v) is 2.58. The molecule has 1 atom stereocenters. The van der Waals surface area contributed by atoms with Crippen LogP contribution < -0.4 is 5.73 Å². The lowest BCUT2D eigenvalue weighted by atomic mass is 9.90. The summed E-state index contributed by atoms with van der Waals surface area (Å²) in [7, 11) is 0. The predicted octanol–water partition coefficient (Wildman–Crippen LogP) is 2.65. The summed E-state index contributed by atoms with van der Waals surface area (Å²) in [5.74, 6) is 0.954. The van der Waals surface area contributed by atoms with Gasteiger partial charge in [0.15, 0.2) is 0 Å².